The summed E-state index contributed by atoms with van der Waals surface area (Å²) >= 11 is 5.69. The largest absolute Gasteiger partial charge is 0.292 e. The van der Waals surface area contributed by atoms with Gasteiger partial charge in [-0.3, -0.25) is 4.99 Å². The highest BCUT2D eigenvalue weighted by molar-refractivity contribution is 6.18. The van der Waals surface area contributed by atoms with Crippen molar-refractivity contribution in [3.05, 3.63) is 0 Å². The molecule has 2 aliphatic rings. The molecule has 0 N–H and O–H groups in total. The van der Waals surface area contributed by atoms with Crippen LogP contribution in [0.3, 0.4) is 0 Å². The van der Waals surface area contributed by atoms with Gasteiger partial charge < -0.3 is 0 Å². The normalized spacial score (nSPS) is 42.3. The van der Waals surface area contributed by atoms with E-state index >= 15 is 0 Å². The molecule has 0 aliphatic heterocycles. The summed E-state index contributed by atoms with van der Waals surface area (Å²) in [7, 11) is 0. The van der Waals surface area contributed by atoms with E-state index in [1.54, 1.807) is 0 Å². The molecule has 0 amide bonds. The molecule has 2 rings (SSSR count). The van der Waals surface area contributed by atoms with E-state index in [0.717, 1.165) is 12.5 Å². The minimum atomic E-state index is 0.365. The van der Waals surface area contributed by atoms with E-state index in [1.807, 2.05) is 0 Å². The summed E-state index contributed by atoms with van der Waals surface area (Å²) in [6, 6.07) is 0. The Bertz CT molecular complexity index is 269. The minimum absolute atomic E-state index is 0.365. The van der Waals surface area contributed by atoms with Crippen molar-refractivity contribution < 1.29 is 0 Å². The Hall–Kier alpha value is -0.0400. The van der Waals surface area contributed by atoms with E-state index in [-0.39, 0.29) is 0 Å². The van der Waals surface area contributed by atoms with Crippen LogP contribution in [0.2, 0.25) is 0 Å². The monoisotopic (exact) mass is 213 g/mol. The second-order valence-corrected chi connectivity index (χ2v) is 5.89. The lowest BCUT2D eigenvalue weighted by atomic mass is 9.70. The Morgan fingerprint density at radius 1 is 1.43 bits per heavy atom. The van der Waals surface area contributed by atoms with E-state index in [1.165, 1.54) is 25.0 Å². The van der Waals surface area contributed by atoms with Crippen LogP contribution in [0.4, 0.5) is 0 Å². The third-order valence-electron chi connectivity index (χ3n) is 4.90. The number of nitrogens with zero attached hydrogens (tertiary/aromatic N) is 1. The van der Waals surface area contributed by atoms with Gasteiger partial charge in [0.2, 0.25) is 0 Å². The molecule has 0 heterocycles. The molecule has 2 atom stereocenters. The van der Waals surface area contributed by atoms with Crippen molar-refractivity contribution in [1.82, 2.24) is 0 Å². The van der Waals surface area contributed by atoms with Gasteiger partial charge in [0.1, 0.15) is 0 Å². The SMILES string of the molecule is CC12CCC(CC1=NCCCl)C2(C)C. The highest BCUT2D eigenvalue weighted by atomic mass is 35.5. The van der Waals surface area contributed by atoms with Crippen LogP contribution in [-0.4, -0.2) is 18.1 Å². The van der Waals surface area contributed by atoms with Crippen LogP contribution in [0.25, 0.3) is 0 Å². The molecular formula is C12H20ClN. The van der Waals surface area contributed by atoms with Crippen molar-refractivity contribution in [3.8, 4) is 0 Å². The number of alkyl halides is 1. The van der Waals surface area contributed by atoms with Crippen LogP contribution in [0.15, 0.2) is 4.99 Å². The van der Waals surface area contributed by atoms with Crippen molar-refractivity contribution in [2.45, 2.75) is 40.0 Å². The molecule has 2 fully saturated rings. The molecule has 0 spiro atoms. The molecular weight excluding hydrogens is 194 g/mol. The first-order chi connectivity index (χ1) is 6.52. The van der Waals surface area contributed by atoms with Gasteiger partial charge >= 0.3 is 0 Å². The number of rotatable bonds is 2. The van der Waals surface area contributed by atoms with Crippen LogP contribution in [0.1, 0.15) is 40.0 Å². The zero-order valence-corrected chi connectivity index (χ0v) is 10.2. The topological polar surface area (TPSA) is 12.4 Å². The third kappa shape index (κ3) is 1.18. The second kappa shape index (κ2) is 3.23. The molecule has 2 heteroatoms. The molecule has 2 aliphatic carbocycles. The zero-order chi connectivity index (χ0) is 10.4. The lowest BCUT2D eigenvalue weighted by molar-refractivity contribution is 0.194. The van der Waals surface area contributed by atoms with Crippen LogP contribution in [0.5, 0.6) is 0 Å². The average Bonchev–Trinajstić information content (AvgIpc) is 2.46. The van der Waals surface area contributed by atoms with Crippen LogP contribution < -0.4 is 0 Å². The fraction of sp³-hybridized carbons (Fsp3) is 0.917. The smallest absolute Gasteiger partial charge is 0.0524 e. The van der Waals surface area contributed by atoms with Crippen LogP contribution in [0, 0.1) is 16.7 Å². The molecule has 2 unspecified atom stereocenters. The summed E-state index contributed by atoms with van der Waals surface area (Å²) in [6.07, 6.45) is 3.94. The number of hydrogen-bond acceptors (Lipinski definition) is 1. The van der Waals surface area contributed by atoms with Gasteiger partial charge in [0.25, 0.3) is 0 Å². The van der Waals surface area contributed by atoms with Gasteiger partial charge in [-0.15, -0.1) is 11.6 Å². The fourth-order valence-corrected chi connectivity index (χ4v) is 3.43. The Morgan fingerprint density at radius 2 is 2.14 bits per heavy atom. The first kappa shape index (κ1) is 10.5. The summed E-state index contributed by atoms with van der Waals surface area (Å²) in [5.41, 5.74) is 2.27. The van der Waals surface area contributed by atoms with E-state index in [9.17, 15) is 0 Å². The van der Waals surface area contributed by atoms with Gasteiger partial charge in [-0.2, -0.15) is 0 Å². The fourth-order valence-electron chi connectivity index (χ4n) is 3.34. The number of halogens is 1. The minimum Gasteiger partial charge on any atom is -0.292 e. The van der Waals surface area contributed by atoms with Crippen LogP contribution in [-0.2, 0) is 0 Å². The predicted octanol–water partition coefficient (Wildman–Crippen LogP) is 3.51. The van der Waals surface area contributed by atoms with Gasteiger partial charge in [-0.05, 0) is 30.6 Å². The molecule has 2 bridgehead atoms. The first-order valence-electron chi connectivity index (χ1n) is 5.62. The maximum absolute atomic E-state index is 5.69. The standard InChI is InChI=1S/C12H20ClN/c1-11(2)9-4-5-12(11,3)10(8-9)14-7-6-13/h9H,4-8H2,1-3H3. The summed E-state index contributed by atoms with van der Waals surface area (Å²) in [5.74, 6) is 1.52. The van der Waals surface area contributed by atoms with Gasteiger partial charge in [-0.25, -0.2) is 0 Å². The lowest BCUT2D eigenvalue weighted by Gasteiger charge is -2.34. The van der Waals surface area contributed by atoms with Crippen molar-refractivity contribution in [1.29, 1.82) is 0 Å². The zero-order valence-electron chi connectivity index (χ0n) is 9.44. The van der Waals surface area contributed by atoms with Crippen molar-refractivity contribution >= 4 is 17.3 Å². The van der Waals surface area contributed by atoms with Gasteiger partial charge in [0, 0.05) is 17.0 Å². The van der Waals surface area contributed by atoms with E-state index in [4.69, 9.17) is 11.6 Å². The molecule has 1 nitrogen and oxygen atoms in total. The molecule has 0 aromatic heterocycles. The van der Waals surface area contributed by atoms with Crippen molar-refractivity contribution in [2.75, 3.05) is 12.4 Å². The molecule has 80 valence electrons. The Kier molecular flexibility index (Phi) is 2.42. The van der Waals surface area contributed by atoms with Crippen LogP contribution >= 0.6 is 11.6 Å². The molecule has 0 aromatic carbocycles. The summed E-state index contributed by atoms with van der Waals surface area (Å²) in [4.78, 5) is 4.68. The number of hydrogen-bond donors (Lipinski definition) is 0. The Balaban J connectivity index is 2.27. The molecule has 2 saturated carbocycles. The average molecular weight is 214 g/mol. The number of fused-ring (bicyclic) bond motifs is 2. The molecule has 0 radical (unpaired) electrons. The summed E-state index contributed by atoms with van der Waals surface area (Å²) < 4.78 is 0. The Morgan fingerprint density at radius 3 is 2.57 bits per heavy atom. The number of aliphatic imine (C=N–C) groups is 1. The highest BCUT2D eigenvalue weighted by Crippen LogP contribution is 2.63. The summed E-state index contributed by atoms with van der Waals surface area (Å²) in [6.45, 7) is 8.02. The van der Waals surface area contributed by atoms with E-state index < -0.39 is 0 Å². The molecule has 0 aromatic rings. The maximum atomic E-state index is 5.69. The molecule has 0 saturated heterocycles. The highest BCUT2D eigenvalue weighted by Gasteiger charge is 2.59. The van der Waals surface area contributed by atoms with Crippen molar-refractivity contribution in [2.24, 2.45) is 21.7 Å². The van der Waals surface area contributed by atoms with Gasteiger partial charge in [0.15, 0.2) is 0 Å². The van der Waals surface area contributed by atoms with E-state index in [2.05, 4.69) is 25.8 Å². The molecule has 14 heavy (non-hydrogen) atoms. The predicted molar refractivity (Wildman–Crippen MR) is 62.3 cm³/mol. The second-order valence-electron chi connectivity index (χ2n) is 5.51. The van der Waals surface area contributed by atoms with E-state index in [0.29, 0.717) is 16.7 Å². The van der Waals surface area contributed by atoms with Gasteiger partial charge in [0.05, 0.1) is 6.54 Å². The summed E-state index contributed by atoms with van der Waals surface area (Å²) in [5, 5.41) is 0. The first-order valence-corrected chi connectivity index (χ1v) is 6.15. The maximum Gasteiger partial charge on any atom is 0.0524 e. The lowest BCUT2D eigenvalue weighted by Crippen LogP contribution is -2.32. The third-order valence-corrected chi connectivity index (χ3v) is 5.07. The Labute approximate surface area is 91.9 Å². The van der Waals surface area contributed by atoms with Gasteiger partial charge in [-0.1, -0.05) is 20.8 Å². The van der Waals surface area contributed by atoms with Crippen molar-refractivity contribution in [3.63, 3.8) is 0 Å². The quantitative estimate of drug-likeness (QED) is 0.623.